The van der Waals surface area contributed by atoms with Crippen molar-refractivity contribution >= 4 is 18.9 Å². The second kappa shape index (κ2) is 7.86. The normalized spacial score (nSPS) is 12.5. The largest absolute Gasteiger partial charge is 0.322 e. The van der Waals surface area contributed by atoms with Crippen molar-refractivity contribution in [1.29, 1.82) is 0 Å². The van der Waals surface area contributed by atoms with Gasteiger partial charge in [-0.25, -0.2) is 0 Å². The molecule has 1 rings (SSSR count). The van der Waals surface area contributed by atoms with Crippen LogP contribution < -0.4 is 5.32 Å². The Morgan fingerprint density at radius 2 is 1.74 bits per heavy atom. The first kappa shape index (κ1) is 19.2. The summed E-state index contributed by atoms with van der Waals surface area (Å²) in [6.07, 6.45) is 1.11. The van der Waals surface area contributed by atoms with Crippen LogP contribution in [0.5, 0.6) is 0 Å². The minimum atomic E-state index is -1.15. The maximum Gasteiger partial charge on any atom is 0.264 e. The molecule has 1 atom stereocenters. The number of carbonyl (C=O) groups is 1. The zero-order valence-corrected chi connectivity index (χ0v) is 16.7. The third-order valence-electron chi connectivity index (χ3n) is 3.97. The molecular weight excluding hydrogens is 330 g/mol. The van der Waals surface area contributed by atoms with Gasteiger partial charge in [-0.05, 0) is 38.8 Å². The summed E-state index contributed by atoms with van der Waals surface area (Å²) < 4.78 is 0. The third-order valence-corrected chi connectivity index (χ3v) is 7.93. The molecule has 0 aliphatic heterocycles. The Balaban J connectivity index is 0.00000324. The van der Waals surface area contributed by atoms with E-state index in [1.54, 1.807) is 0 Å². The summed E-state index contributed by atoms with van der Waals surface area (Å²) in [5.74, 6) is 0.160. The monoisotopic (exact) mass is 355 g/mol. The standard InChI is InChI=1S/C15H24NOP.Y/c1-7-18(5,6)13(4)15(17)16-14-11(2)9-8-10-12(14)3;/h8-10,13H,7H2,1-6H3;/p+1. The van der Waals surface area contributed by atoms with E-state index in [1.165, 1.54) is 0 Å². The maximum absolute atomic E-state index is 12.3. The Morgan fingerprint density at radius 3 is 2.16 bits per heavy atom. The molecule has 103 valence electrons. The first-order valence-corrected chi connectivity index (χ1v) is 9.43. The van der Waals surface area contributed by atoms with Crippen molar-refractivity contribution in [3.8, 4) is 0 Å². The summed E-state index contributed by atoms with van der Waals surface area (Å²) in [7, 11) is -1.15. The average molecular weight is 355 g/mol. The van der Waals surface area contributed by atoms with E-state index in [4.69, 9.17) is 0 Å². The zero-order chi connectivity index (χ0) is 13.9. The van der Waals surface area contributed by atoms with E-state index in [0.29, 0.717) is 0 Å². The van der Waals surface area contributed by atoms with Gasteiger partial charge in [-0.1, -0.05) is 18.2 Å². The van der Waals surface area contributed by atoms with E-state index < -0.39 is 7.26 Å². The van der Waals surface area contributed by atoms with E-state index >= 15 is 0 Å². The van der Waals surface area contributed by atoms with Gasteiger partial charge in [0.2, 0.25) is 0 Å². The van der Waals surface area contributed by atoms with Crippen LogP contribution in [0.3, 0.4) is 0 Å². The van der Waals surface area contributed by atoms with Gasteiger partial charge in [0.05, 0.1) is 6.16 Å². The zero-order valence-electron chi connectivity index (χ0n) is 12.9. The Bertz CT molecular complexity index is 426. The van der Waals surface area contributed by atoms with Gasteiger partial charge < -0.3 is 5.32 Å². The maximum atomic E-state index is 12.3. The van der Waals surface area contributed by atoms with Gasteiger partial charge in [-0.2, -0.15) is 0 Å². The predicted molar refractivity (Wildman–Crippen MR) is 83.3 cm³/mol. The minimum Gasteiger partial charge on any atom is -0.322 e. The van der Waals surface area contributed by atoms with Crippen LogP contribution in [0.1, 0.15) is 25.0 Å². The van der Waals surface area contributed by atoms with Crippen molar-refractivity contribution in [3.05, 3.63) is 29.3 Å². The van der Waals surface area contributed by atoms with E-state index in [1.807, 2.05) is 32.0 Å². The molecule has 4 heteroatoms. The van der Waals surface area contributed by atoms with Crippen LogP contribution in [-0.2, 0) is 37.5 Å². The third kappa shape index (κ3) is 4.92. The number of hydrogen-bond donors (Lipinski definition) is 1. The van der Waals surface area contributed by atoms with Gasteiger partial charge in [0.15, 0.2) is 0 Å². The van der Waals surface area contributed by atoms with Gasteiger partial charge >= 0.3 is 0 Å². The van der Waals surface area contributed by atoms with Gasteiger partial charge in [0.25, 0.3) is 5.91 Å². The minimum absolute atomic E-state index is 0. The number of rotatable bonds is 4. The molecule has 0 spiro atoms. The number of aryl methyl sites for hydroxylation is 2. The smallest absolute Gasteiger partial charge is 0.264 e. The molecule has 1 unspecified atom stereocenters. The van der Waals surface area contributed by atoms with Crippen molar-refractivity contribution in [3.63, 3.8) is 0 Å². The van der Waals surface area contributed by atoms with Crippen LogP contribution in [0.15, 0.2) is 18.2 Å². The van der Waals surface area contributed by atoms with Gasteiger partial charge in [-0.15, -0.1) is 0 Å². The first-order chi connectivity index (χ1) is 8.29. The molecule has 19 heavy (non-hydrogen) atoms. The molecule has 1 N–H and O–H groups in total. The van der Waals surface area contributed by atoms with Gasteiger partial charge in [-0.3, -0.25) is 4.79 Å². The number of nitrogens with one attached hydrogen (secondary N) is 1. The van der Waals surface area contributed by atoms with Crippen molar-refractivity contribution in [2.24, 2.45) is 0 Å². The first-order valence-electron chi connectivity index (χ1n) is 6.49. The number of anilines is 1. The number of amides is 1. The van der Waals surface area contributed by atoms with Crippen molar-refractivity contribution in [1.82, 2.24) is 0 Å². The van der Waals surface area contributed by atoms with E-state index in [9.17, 15) is 4.79 Å². The van der Waals surface area contributed by atoms with E-state index in [-0.39, 0.29) is 44.3 Å². The van der Waals surface area contributed by atoms with Crippen LogP contribution in [0.4, 0.5) is 5.69 Å². The molecule has 1 radical (unpaired) electrons. The molecule has 0 aliphatic rings. The summed E-state index contributed by atoms with van der Waals surface area (Å²) in [5, 5.41) is 3.11. The Hall–Kier alpha value is 0.224. The van der Waals surface area contributed by atoms with Crippen LogP contribution in [-0.4, -0.2) is 31.1 Å². The molecule has 1 aromatic carbocycles. The second-order valence-electron chi connectivity index (χ2n) is 5.53. The van der Waals surface area contributed by atoms with E-state index in [0.717, 1.165) is 23.0 Å². The van der Waals surface area contributed by atoms with Crippen LogP contribution >= 0.6 is 7.26 Å². The molecule has 0 saturated carbocycles. The average Bonchev–Trinajstić information content (AvgIpc) is 2.32. The molecule has 0 aliphatic carbocycles. The molecule has 0 bridgehead atoms. The summed E-state index contributed by atoms with van der Waals surface area (Å²) in [6.45, 7) is 12.8. The molecule has 1 aromatic rings. The fourth-order valence-corrected chi connectivity index (χ4v) is 3.08. The predicted octanol–water partition coefficient (Wildman–Crippen LogP) is 3.93. The summed E-state index contributed by atoms with van der Waals surface area (Å²) >= 11 is 0. The molecule has 0 heterocycles. The molecular formula is C15H25NOPY+. The molecule has 0 fully saturated rings. The Kier molecular flexibility index (Phi) is 7.95. The molecule has 0 aromatic heterocycles. The Labute approximate surface area is 143 Å². The molecule has 0 saturated heterocycles. The molecule has 2 nitrogen and oxygen atoms in total. The second-order valence-corrected chi connectivity index (χ2v) is 10.5. The van der Waals surface area contributed by atoms with Gasteiger partial charge in [0, 0.05) is 59.0 Å². The fourth-order valence-electron chi connectivity index (χ4n) is 1.83. The number of carbonyl (C=O) groups excluding carboxylic acids is 1. The summed E-state index contributed by atoms with van der Waals surface area (Å²) in [5.41, 5.74) is 3.35. The van der Waals surface area contributed by atoms with Crippen LogP contribution in [0, 0.1) is 13.8 Å². The van der Waals surface area contributed by atoms with Gasteiger partial charge in [0.1, 0.15) is 5.66 Å². The number of para-hydroxylation sites is 1. The van der Waals surface area contributed by atoms with E-state index in [2.05, 4.69) is 32.5 Å². The summed E-state index contributed by atoms with van der Waals surface area (Å²) in [6, 6.07) is 6.09. The molecule has 1 amide bonds. The quantitative estimate of drug-likeness (QED) is 0.815. The van der Waals surface area contributed by atoms with Crippen molar-refractivity contribution < 1.29 is 37.5 Å². The van der Waals surface area contributed by atoms with Crippen LogP contribution in [0.25, 0.3) is 0 Å². The number of benzene rings is 1. The van der Waals surface area contributed by atoms with Crippen molar-refractivity contribution in [2.45, 2.75) is 33.4 Å². The Morgan fingerprint density at radius 1 is 1.26 bits per heavy atom. The number of hydrogen-bond acceptors (Lipinski definition) is 1. The van der Waals surface area contributed by atoms with Crippen molar-refractivity contribution in [2.75, 3.05) is 24.8 Å². The SMILES string of the molecule is CC[P+](C)(C)C(C)C(=O)Nc1c(C)cccc1C.[Y]. The topological polar surface area (TPSA) is 29.1 Å². The van der Waals surface area contributed by atoms with Crippen LogP contribution in [0.2, 0.25) is 0 Å². The summed E-state index contributed by atoms with van der Waals surface area (Å²) in [4.78, 5) is 12.3. The fraction of sp³-hybridized carbons (Fsp3) is 0.533.